The van der Waals surface area contributed by atoms with Crippen molar-refractivity contribution in [3.63, 3.8) is 0 Å². The highest BCUT2D eigenvalue weighted by molar-refractivity contribution is 5.74. The van der Waals surface area contributed by atoms with Crippen LogP contribution in [0.2, 0.25) is 0 Å². The molecule has 0 radical (unpaired) electrons. The smallest absolute Gasteiger partial charge is 0.325 e. The molecule has 17 heavy (non-hydrogen) atoms. The van der Waals surface area contributed by atoms with Crippen LogP contribution in [-0.2, 0) is 9.53 Å². The average molecular weight is 233 g/mol. The van der Waals surface area contributed by atoms with E-state index in [2.05, 4.69) is 10.3 Å². The van der Waals surface area contributed by atoms with E-state index in [1.54, 1.807) is 39.0 Å². The molecule has 0 aliphatic carbocycles. The number of ether oxygens (including phenoxy) is 1. The largest absolute Gasteiger partial charge is 0.459 e. The Hall–Kier alpha value is -2.09. The summed E-state index contributed by atoms with van der Waals surface area (Å²) in [5.41, 5.74) is -0.195. The highest BCUT2D eigenvalue weighted by Gasteiger charge is 2.15. The Morgan fingerprint density at radius 3 is 2.82 bits per heavy atom. The third kappa shape index (κ3) is 4.98. The van der Waals surface area contributed by atoms with E-state index in [0.717, 1.165) is 0 Å². The van der Waals surface area contributed by atoms with Crippen molar-refractivity contribution in [3.05, 3.63) is 23.9 Å². The van der Waals surface area contributed by atoms with Crippen molar-refractivity contribution in [2.75, 3.05) is 11.9 Å². The zero-order chi connectivity index (χ0) is 12.9. The fourth-order valence-electron chi connectivity index (χ4n) is 1.14. The van der Waals surface area contributed by atoms with Crippen LogP contribution in [-0.4, -0.2) is 23.1 Å². The van der Waals surface area contributed by atoms with Gasteiger partial charge in [0.05, 0.1) is 0 Å². The second kappa shape index (κ2) is 5.30. The number of carbonyl (C=O) groups excluding carboxylic acids is 1. The molecule has 0 aromatic carbocycles. The maximum atomic E-state index is 11.4. The van der Waals surface area contributed by atoms with Gasteiger partial charge in [-0.2, -0.15) is 5.26 Å². The van der Waals surface area contributed by atoms with Crippen LogP contribution >= 0.6 is 0 Å². The van der Waals surface area contributed by atoms with Crippen molar-refractivity contribution in [2.45, 2.75) is 26.4 Å². The third-order valence-electron chi connectivity index (χ3n) is 1.70. The molecule has 1 aromatic rings. The maximum absolute atomic E-state index is 11.4. The lowest BCUT2D eigenvalue weighted by Gasteiger charge is -2.19. The van der Waals surface area contributed by atoms with Crippen LogP contribution in [0.25, 0.3) is 0 Å². The van der Waals surface area contributed by atoms with Crippen LogP contribution in [0.3, 0.4) is 0 Å². The number of esters is 1. The molecule has 90 valence electrons. The second-order valence-corrected chi connectivity index (χ2v) is 4.46. The molecular weight excluding hydrogens is 218 g/mol. The quantitative estimate of drug-likeness (QED) is 0.804. The number of nitrogens with zero attached hydrogens (tertiary/aromatic N) is 2. The van der Waals surface area contributed by atoms with E-state index in [4.69, 9.17) is 10.00 Å². The van der Waals surface area contributed by atoms with Gasteiger partial charge in [-0.3, -0.25) is 4.79 Å². The van der Waals surface area contributed by atoms with Gasteiger partial charge in [0.2, 0.25) is 0 Å². The minimum absolute atomic E-state index is 0.0269. The molecule has 1 N–H and O–H groups in total. The number of anilines is 1. The molecule has 0 saturated heterocycles. The summed E-state index contributed by atoms with van der Waals surface area (Å²) in [5, 5.41) is 11.5. The molecule has 0 aliphatic heterocycles. The van der Waals surface area contributed by atoms with E-state index in [1.807, 2.05) is 6.07 Å². The van der Waals surface area contributed by atoms with Gasteiger partial charge < -0.3 is 10.1 Å². The number of pyridine rings is 1. The zero-order valence-corrected chi connectivity index (χ0v) is 10.2. The highest BCUT2D eigenvalue weighted by Crippen LogP contribution is 2.08. The number of rotatable bonds is 3. The number of hydrogen-bond donors (Lipinski definition) is 1. The summed E-state index contributed by atoms with van der Waals surface area (Å²) < 4.78 is 5.12. The van der Waals surface area contributed by atoms with Gasteiger partial charge >= 0.3 is 5.97 Å². The molecule has 0 fully saturated rings. The SMILES string of the molecule is CC(C)(C)OC(=O)CNc1cccc(C#N)n1. The fourth-order valence-corrected chi connectivity index (χ4v) is 1.14. The van der Waals surface area contributed by atoms with Crippen LogP contribution < -0.4 is 5.32 Å². The van der Waals surface area contributed by atoms with Crippen LogP contribution in [0.15, 0.2) is 18.2 Å². The van der Waals surface area contributed by atoms with Crippen molar-refractivity contribution in [1.29, 1.82) is 5.26 Å². The monoisotopic (exact) mass is 233 g/mol. The minimum Gasteiger partial charge on any atom is -0.459 e. The molecule has 0 aliphatic rings. The summed E-state index contributed by atoms with van der Waals surface area (Å²) in [7, 11) is 0. The Morgan fingerprint density at radius 1 is 1.53 bits per heavy atom. The van der Waals surface area contributed by atoms with E-state index in [0.29, 0.717) is 11.5 Å². The molecule has 0 saturated carbocycles. The molecule has 0 bridgehead atoms. The normalized spacial score (nSPS) is 10.5. The van der Waals surface area contributed by atoms with Crippen LogP contribution in [0.5, 0.6) is 0 Å². The molecule has 1 heterocycles. The van der Waals surface area contributed by atoms with Gasteiger partial charge in [0.15, 0.2) is 0 Å². The number of nitriles is 1. The van der Waals surface area contributed by atoms with E-state index >= 15 is 0 Å². The Labute approximate surface area is 100 Å². The fraction of sp³-hybridized carbons (Fsp3) is 0.417. The van der Waals surface area contributed by atoms with Crippen molar-refractivity contribution in [3.8, 4) is 6.07 Å². The number of hydrogen-bond acceptors (Lipinski definition) is 5. The molecule has 1 aromatic heterocycles. The summed E-state index contributed by atoms with van der Waals surface area (Å²) >= 11 is 0. The van der Waals surface area contributed by atoms with Gasteiger partial charge in [-0.15, -0.1) is 0 Å². The Kier molecular flexibility index (Phi) is 4.05. The van der Waals surface area contributed by atoms with Gasteiger partial charge in [-0.25, -0.2) is 4.98 Å². The minimum atomic E-state index is -0.499. The van der Waals surface area contributed by atoms with Gasteiger partial charge in [-0.05, 0) is 32.9 Å². The first-order valence-corrected chi connectivity index (χ1v) is 5.23. The first kappa shape index (κ1) is 13.0. The topological polar surface area (TPSA) is 75.0 Å². The van der Waals surface area contributed by atoms with Gasteiger partial charge in [0.1, 0.15) is 29.7 Å². The van der Waals surface area contributed by atoms with Crippen molar-refractivity contribution in [1.82, 2.24) is 4.98 Å². The van der Waals surface area contributed by atoms with E-state index in [-0.39, 0.29) is 12.5 Å². The summed E-state index contributed by atoms with van der Waals surface area (Å²) in [6, 6.07) is 6.90. The van der Waals surface area contributed by atoms with E-state index < -0.39 is 5.60 Å². The molecule has 5 heteroatoms. The van der Waals surface area contributed by atoms with Gasteiger partial charge in [0.25, 0.3) is 0 Å². The third-order valence-corrected chi connectivity index (χ3v) is 1.70. The first-order valence-electron chi connectivity index (χ1n) is 5.23. The molecular formula is C12H15N3O2. The standard InChI is InChI=1S/C12H15N3O2/c1-12(2,3)17-11(16)8-14-10-6-4-5-9(7-13)15-10/h4-6H,8H2,1-3H3,(H,14,15). The number of nitrogens with one attached hydrogen (secondary N) is 1. The van der Waals surface area contributed by atoms with Crippen molar-refractivity contribution < 1.29 is 9.53 Å². The lowest BCUT2D eigenvalue weighted by atomic mass is 10.2. The van der Waals surface area contributed by atoms with Crippen LogP contribution in [0, 0.1) is 11.3 Å². The zero-order valence-electron chi connectivity index (χ0n) is 10.2. The molecule has 1 rings (SSSR count). The van der Waals surface area contributed by atoms with Gasteiger partial charge in [-0.1, -0.05) is 6.07 Å². The summed E-state index contributed by atoms with van der Waals surface area (Å²) in [5.74, 6) is 0.122. The van der Waals surface area contributed by atoms with Crippen LogP contribution in [0.4, 0.5) is 5.82 Å². The second-order valence-electron chi connectivity index (χ2n) is 4.46. The van der Waals surface area contributed by atoms with E-state index in [1.165, 1.54) is 0 Å². The Balaban J connectivity index is 2.51. The number of carbonyl (C=O) groups is 1. The predicted molar refractivity (Wildman–Crippen MR) is 63.3 cm³/mol. The van der Waals surface area contributed by atoms with E-state index in [9.17, 15) is 4.79 Å². The molecule has 0 spiro atoms. The predicted octanol–water partition coefficient (Wildman–Crippen LogP) is 1.71. The summed E-state index contributed by atoms with van der Waals surface area (Å²) in [6.07, 6.45) is 0. The Bertz CT molecular complexity index is 444. The first-order chi connectivity index (χ1) is 7.90. The van der Waals surface area contributed by atoms with Crippen molar-refractivity contribution >= 4 is 11.8 Å². The lowest BCUT2D eigenvalue weighted by Crippen LogP contribution is -2.28. The maximum Gasteiger partial charge on any atom is 0.325 e. The molecule has 0 atom stereocenters. The molecule has 5 nitrogen and oxygen atoms in total. The van der Waals surface area contributed by atoms with Crippen molar-refractivity contribution in [2.24, 2.45) is 0 Å². The summed E-state index contributed by atoms with van der Waals surface area (Å²) in [4.78, 5) is 15.4. The number of aromatic nitrogens is 1. The Morgan fingerprint density at radius 2 is 2.24 bits per heavy atom. The van der Waals surface area contributed by atoms with Gasteiger partial charge in [0, 0.05) is 0 Å². The average Bonchev–Trinajstić information content (AvgIpc) is 2.24. The summed E-state index contributed by atoms with van der Waals surface area (Å²) in [6.45, 7) is 5.44. The van der Waals surface area contributed by atoms with Crippen LogP contribution in [0.1, 0.15) is 26.5 Å². The molecule has 0 unspecified atom stereocenters. The molecule has 0 amide bonds. The lowest BCUT2D eigenvalue weighted by molar-refractivity contribution is -0.152. The highest BCUT2D eigenvalue weighted by atomic mass is 16.6.